The van der Waals surface area contributed by atoms with Gasteiger partial charge in [0.05, 0.1) is 18.9 Å². The summed E-state index contributed by atoms with van der Waals surface area (Å²) in [6, 6.07) is 19.4. The number of H-pyrrole nitrogens is 1. The summed E-state index contributed by atoms with van der Waals surface area (Å²) in [5.74, 6) is 5.91. The number of aryl methyl sites for hydroxylation is 1. The van der Waals surface area contributed by atoms with Gasteiger partial charge in [-0.3, -0.25) is 9.59 Å². The lowest BCUT2D eigenvalue weighted by Gasteiger charge is -2.23. The third-order valence-corrected chi connectivity index (χ3v) is 5.97. The Bertz CT molecular complexity index is 1090. The number of rotatable bonds is 9. The molecule has 1 amide bonds. The van der Waals surface area contributed by atoms with Crippen LogP contribution in [0.3, 0.4) is 0 Å². The average molecular weight is 487 g/mol. The zero-order valence-electron chi connectivity index (χ0n) is 21.8. The Labute approximate surface area is 215 Å². The molecule has 1 heterocycles. The van der Waals surface area contributed by atoms with Gasteiger partial charge in [0.15, 0.2) is 0 Å². The lowest BCUT2D eigenvalue weighted by Crippen LogP contribution is -2.35. The number of benzene rings is 2. The van der Waals surface area contributed by atoms with E-state index in [1.807, 2.05) is 74.5 Å². The Kier molecular flexibility index (Phi) is 12.2. The zero-order chi connectivity index (χ0) is 26.3. The maximum Gasteiger partial charge on any atom is 0.223 e. The molecule has 3 rings (SSSR count). The van der Waals surface area contributed by atoms with Crippen LogP contribution in [-0.2, 0) is 9.59 Å². The van der Waals surface area contributed by atoms with Crippen LogP contribution < -0.4 is 11.1 Å². The van der Waals surface area contributed by atoms with Gasteiger partial charge in [-0.25, -0.2) is 4.98 Å². The normalized spacial score (nSPS) is 11.9. The van der Waals surface area contributed by atoms with Crippen molar-refractivity contribution in [3.05, 3.63) is 89.5 Å². The second-order valence-electron chi connectivity index (χ2n) is 8.87. The van der Waals surface area contributed by atoms with Crippen molar-refractivity contribution in [1.82, 2.24) is 15.3 Å². The number of hydrogen-bond acceptors (Lipinski definition) is 4. The molecule has 1 aromatic heterocycles. The number of hydrogen-bond donors (Lipinski definition) is 3. The van der Waals surface area contributed by atoms with Crippen LogP contribution in [0.4, 0.5) is 0 Å². The number of ketones is 1. The molecule has 4 N–H and O–H groups in total. The van der Waals surface area contributed by atoms with Crippen molar-refractivity contribution in [2.75, 3.05) is 6.54 Å². The molecular weight excluding hydrogens is 448 g/mol. The minimum Gasteiger partial charge on any atom is -0.348 e. The molecule has 6 nitrogen and oxygen atoms in total. The Hall–Kier alpha value is -3.69. The molecule has 0 aliphatic carbocycles. The van der Waals surface area contributed by atoms with E-state index in [1.165, 1.54) is 0 Å². The van der Waals surface area contributed by atoms with E-state index in [9.17, 15) is 9.59 Å². The first-order valence-electron chi connectivity index (χ1n) is 12.5. The number of aromatic nitrogens is 2. The molecular formula is C30H38N4O2. The summed E-state index contributed by atoms with van der Waals surface area (Å²) in [4.78, 5) is 30.3. The van der Waals surface area contributed by atoms with Crippen molar-refractivity contribution in [2.45, 2.75) is 58.9 Å². The third kappa shape index (κ3) is 9.16. The van der Waals surface area contributed by atoms with Gasteiger partial charge in [-0.2, -0.15) is 0 Å². The molecule has 0 saturated carbocycles. The fraction of sp³-hybridized carbons (Fsp3) is 0.367. The largest absolute Gasteiger partial charge is 0.348 e. The van der Waals surface area contributed by atoms with E-state index in [2.05, 4.69) is 34.0 Å². The molecule has 0 fully saturated rings. The van der Waals surface area contributed by atoms with E-state index >= 15 is 0 Å². The highest BCUT2D eigenvalue weighted by Gasteiger charge is 2.24. The van der Waals surface area contributed by atoms with E-state index < -0.39 is 6.04 Å². The van der Waals surface area contributed by atoms with Crippen LogP contribution in [0.2, 0.25) is 0 Å². The molecule has 3 aromatic rings. The van der Waals surface area contributed by atoms with Gasteiger partial charge in [0.1, 0.15) is 11.5 Å². The molecule has 36 heavy (non-hydrogen) atoms. The average Bonchev–Trinajstić information content (AvgIpc) is 3.31. The third-order valence-electron chi connectivity index (χ3n) is 5.97. The number of nitrogens with zero attached hydrogens (tertiary/aromatic N) is 1. The molecule has 0 unspecified atom stereocenters. The molecule has 6 heteroatoms. The highest BCUT2D eigenvalue weighted by molar-refractivity contribution is 5.83. The summed E-state index contributed by atoms with van der Waals surface area (Å²) in [6.07, 6.45) is 4.77. The van der Waals surface area contributed by atoms with E-state index in [0.29, 0.717) is 6.54 Å². The maximum absolute atomic E-state index is 11.7. The SMILES string of the molecule is CC(=O)[C@H](N)C(c1ccccc1)c1ccccc1.CCCC[C@H](C)C(=O)NCC#Cc1nc[nH]c1C. The monoisotopic (exact) mass is 486 g/mol. The Morgan fingerprint density at radius 1 is 1.06 bits per heavy atom. The summed E-state index contributed by atoms with van der Waals surface area (Å²) in [6.45, 7) is 7.92. The predicted octanol–water partition coefficient (Wildman–Crippen LogP) is 4.75. The molecule has 0 aliphatic heterocycles. The first-order valence-corrected chi connectivity index (χ1v) is 12.5. The molecule has 0 saturated heterocycles. The first kappa shape index (κ1) is 28.5. The van der Waals surface area contributed by atoms with Crippen LogP contribution >= 0.6 is 0 Å². The quantitative estimate of drug-likeness (QED) is 0.380. The van der Waals surface area contributed by atoms with E-state index in [4.69, 9.17) is 5.73 Å². The number of nitrogens with two attached hydrogens (primary N) is 1. The van der Waals surface area contributed by atoms with Crippen molar-refractivity contribution in [3.63, 3.8) is 0 Å². The zero-order valence-corrected chi connectivity index (χ0v) is 21.8. The van der Waals surface area contributed by atoms with Gasteiger partial charge in [-0.1, -0.05) is 93.3 Å². The molecule has 190 valence electrons. The first-order chi connectivity index (χ1) is 17.3. The van der Waals surface area contributed by atoms with Gasteiger partial charge in [0.2, 0.25) is 5.91 Å². The summed E-state index contributed by atoms with van der Waals surface area (Å²) >= 11 is 0. The molecule has 2 aromatic carbocycles. The molecule has 2 atom stereocenters. The molecule has 0 radical (unpaired) electrons. The fourth-order valence-corrected chi connectivity index (χ4v) is 3.72. The molecule has 0 bridgehead atoms. The van der Waals surface area contributed by atoms with E-state index in [1.54, 1.807) is 13.3 Å². The van der Waals surface area contributed by atoms with Gasteiger partial charge in [-0.15, -0.1) is 0 Å². The van der Waals surface area contributed by atoms with Crippen LogP contribution in [0.25, 0.3) is 0 Å². The standard InChI is InChI=1S/C16H17NO.C14H21N3O/c1-12(18)16(17)15(13-8-4-2-5-9-13)14-10-6-3-7-11-14;1-4-5-7-11(2)14(18)15-9-6-8-13-12(3)16-10-17-13/h2-11,15-16H,17H2,1H3;10-11H,4-5,7,9H2,1-3H3,(H,15,18)(H,16,17)/t16-;11-/m00/s1. The van der Waals surface area contributed by atoms with Crippen molar-refractivity contribution in [3.8, 4) is 11.8 Å². The fourth-order valence-electron chi connectivity index (χ4n) is 3.72. The van der Waals surface area contributed by atoms with Gasteiger partial charge >= 0.3 is 0 Å². The van der Waals surface area contributed by atoms with Crippen LogP contribution in [0.15, 0.2) is 67.0 Å². The smallest absolute Gasteiger partial charge is 0.223 e. The van der Waals surface area contributed by atoms with Crippen LogP contribution in [0.5, 0.6) is 0 Å². The number of amides is 1. The van der Waals surface area contributed by atoms with Crippen LogP contribution in [0.1, 0.15) is 68.5 Å². The van der Waals surface area contributed by atoms with Gasteiger partial charge in [-0.05, 0) is 37.3 Å². The second-order valence-corrected chi connectivity index (χ2v) is 8.87. The summed E-state index contributed by atoms with van der Waals surface area (Å²) in [5, 5.41) is 2.82. The van der Waals surface area contributed by atoms with E-state index in [0.717, 1.165) is 41.8 Å². The molecule has 0 aliphatic rings. The number of Topliss-reactive ketones (excluding diaryl/α,β-unsaturated/α-hetero) is 1. The minimum atomic E-state index is -0.505. The number of carbonyl (C=O) groups is 2. The van der Waals surface area contributed by atoms with Crippen molar-refractivity contribution in [1.29, 1.82) is 0 Å². The van der Waals surface area contributed by atoms with Crippen molar-refractivity contribution >= 4 is 11.7 Å². The lowest BCUT2D eigenvalue weighted by molar-refractivity contribution is -0.124. The number of carbonyl (C=O) groups excluding carboxylic acids is 2. The summed E-state index contributed by atoms with van der Waals surface area (Å²) < 4.78 is 0. The van der Waals surface area contributed by atoms with Crippen LogP contribution in [0, 0.1) is 24.7 Å². The van der Waals surface area contributed by atoms with Crippen molar-refractivity contribution in [2.24, 2.45) is 11.7 Å². The highest BCUT2D eigenvalue weighted by Crippen LogP contribution is 2.27. The highest BCUT2D eigenvalue weighted by atomic mass is 16.1. The summed E-state index contributed by atoms with van der Waals surface area (Å²) in [7, 11) is 0. The minimum absolute atomic E-state index is 0.00714. The van der Waals surface area contributed by atoms with Crippen LogP contribution in [-0.4, -0.2) is 34.2 Å². The maximum atomic E-state index is 11.7. The predicted molar refractivity (Wildman–Crippen MR) is 145 cm³/mol. The topological polar surface area (TPSA) is 101 Å². The Balaban J connectivity index is 0.000000254. The number of imidazole rings is 1. The number of nitrogens with one attached hydrogen (secondary N) is 2. The van der Waals surface area contributed by atoms with Gasteiger partial charge in [0.25, 0.3) is 0 Å². The lowest BCUT2D eigenvalue weighted by atomic mass is 9.84. The summed E-state index contributed by atoms with van der Waals surface area (Å²) in [5.41, 5.74) is 9.91. The number of unbranched alkanes of at least 4 members (excludes halogenated alkanes) is 1. The van der Waals surface area contributed by atoms with Crippen molar-refractivity contribution < 1.29 is 9.59 Å². The van der Waals surface area contributed by atoms with Gasteiger partial charge in [0, 0.05) is 17.5 Å². The van der Waals surface area contributed by atoms with Gasteiger partial charge < -0.3 is 16.0 Å². The second kappa shape index (κ2) is 15.3. The van der Waals surface area contributed by atoms with E-state index in [-0.39, 0.29) is 23.5 Å². The molecule has 0 spiro atoms. The Morgan fingerprint density at radius 2 is 1.64 bits per heavy atom. The Morgan fingerprint density at radius 3 is 2.11 bits per heavy atom. The number of aromatic amines is 1.